The van der Waals surface area contributed by atoms with E-state index >= 15 is 0 Å². The van der Waals surface area contributed by atoms with Crippen LogP contribution in [0.5, 0.6) is 0 Å². The number of hydrogen-bond donors (Lipinski definition) is 0. The molecule has 0 fully saturated rings. The zero-order valence-electron chi connectivity index (χ0n) is 8.04. The normalized spacial score (nSPS) is 10.7. The summed E-state index contributed by atoms with van der Waals surface area (Å²) in [5.41, 5.74) is 2.95. The van der Waals surface area contributed by atoms with Crippen molar-refractivity contribution in [2.75, 3.05) is 0 Å². The summed E-state index contributed by atoms with van der Waals surface area (Å²) in [7, 11) is 0. The molecule has 0 bridgehead atoms. The summed E-state index contributed by atoms with van der Waals surface area (Å²) >= 11 is 0. The average Bonchev–Trinajstić information content (AvgIpc) is 2.77. The molecule has 0 unspecified atom stereocenters. The van der Waals surface area contributed by atoms with Crippen molar-refractivity contribution in [3.8, 4) is 11.3 Å². The molecule has 2 heterocycles. The largest absolute Gasteiger partial charge is 0.236 e. The molecule has 0 amide bonds. The van der Waals surface area contributed by atoms with Gasteiger partial charge < -0.3 is 0 Å². The zero-order valence-corrected chi connectivity index (χ0v) is 8.04. The Kier molecular flexibility index (Phi) is 1.75. The number of aromatic nitrogens is 3. The van der Waals surface area contributed by atoms with Gasteiger partial charge in [-0.2, -0.15) is 5.10 Å². The van der Waals surface area contributed by atoms with Gasteiger partial charge in [0.2, 0.25) is 0 Å². The van der Waals surface area contributed by atoms with Gasteiger partial charge in [0.25, 0.3) is 0 Å². The van der Waals surface area contributed by atoms with Crippen molar-refractivity contribution in [2.24, 2.45) is 0 Å². The van der Waals surface area contributed by atoms with Crippen LogP contribution in [0.4, 0.5) is 0 Å². The van der Waals surface area contributed by atoms with Gasteiger partial charge in [-0.1, -0.05) is 30.3 Å². The molecule has 0 N–H and O–H groups in total. The highest BCUT2D eigenvalue weighted by molar-refractivity contribution is 5.59. The van der Waals surface area contributed by atoms with Crippen LogP contribution in [0.2, 0.25) is 0 Å². The van der Waals surface area contributed by atoms with E-state index in [1.54, 1.807) is 10.7 Å². The van der Waals surface area contributed by atoms with Crippen LogP contribution in [-0.4, -0.2) is 14.6 Å². The van der Waals surface area contributed by atoms with Gasteiger partial charge in [-0.25, -0.2) is 9.50 Å². The summed E-state index contributed by atoms with van der Waals surface area (Å²) in [6.07, 6.45) is 3.60. The van der Waals surface area contributed by atoms with E-state index in [0.29, 0.717) is 0 Å². The fourth-order valence-electron chi connectivity index (χ4n) is 1.58. The first kappa shape index (κ1) is 8.17. The standard InChI is InChI=1S/C12H9N3/c1-2-4-10(5-3-1)11-6-7-12-13-8-9-15(12)14-11/h1-9H. The van der Waals surface area contributed by atoms with Crippen LogP contribution in [0, 0.1) is 0 Å². The van der Waals surface area contributed by atoms with Crippen LogP contribution in [-0.2, 0) is 0 Å². The lowest BCUT2D eigenvalue weighted by Crippen LogP contribution is -1.92. The summed E-state index contributed by atoms with van der Waals surface area (Å²) in [5, 5.41) is 4.46. The topological polar surface area (TPSA) is 30.2 Å². The van der Waals surface area contributed by atoms with Crippen molar-refractivity contribution in [2.45, 2.75) is 0 Å². The average molecular weight is 195 g/mol. The van der Waals surface area contributed by atoms with Gasteiger partial charge in [-0.3, -0.25) is 0 Å². The molecule has 72 valence electrons. The number of imidazole rings is 1. The third-order valence-corrected chi connectivity index (χ3v) is 2.32. The van der Waals surface area contributed by atoms with Crippen LogP contribution in [0.1, 0.15) is 0 Å². The minimum Gasteiger partial charge on any atom is -0.236 e. The monoisotopic (exact) mass is 195 g/mol. The first-order valence-corrected chi connectivity index (χ1v) is 4.79. The number of fused-ring (bicyclic) bond motifs is 1. The molecule has 0 radical (unpaired) electrons. The van der Waals surface area contributed by atoms with E-state index in [0.717, 1.165) is 16.9 Å². The Morgan fingerprint density at radius 2 is 1.80 bits per heavy atom. The van der Waals surface area contributed by atoms with Crippen molar-refractivity contribution in [3.63, 3.8) is 0 Å². The van der Waals surface area contributed by atoms with Crippen molar-refractivity contribution in [1.82, 2.24) is 14.6 Å². The Balaban J connectivity index is 2.19. The molecular formula is C12H9N3. The van der Waals surface area contributed by atoms with Gasteiger partial charge in [-0.15, -0.1) is 0 Å². The van der Waals surface area contributed by atoms with Gasteiger partial charge in [0, 0.05) is 18.0 Å². The number of benzene rings is 1. The summed E-state index contributed by atoms with van der Waals surface area (Å²) < 4.78 is 1.78. The van der Waals surface area contributed by atoms with Crippen LogP contribution >= 0.6 is 0 Å². The molecule has 0 aliphatic carbocycles. The highest BCUT2D eigenvalue weighted by atomic mass is 15.2. The fourth-order valence-corrected chi connectivity index (χ4v) is 1.58. The maximum atomic E-state index is 4.46. The third kappa shape index (κ3) is 1.38. The lowest BCUT2D eigenvalue weighted by molar-refractivity contribution is 0.942. The molecule has 3 aromatic rings. The smallest absolute Gasteiger partial charge is 0.153 e. The quantitative estimate of drug-likeness (QED) is 0.596. The highest BCUT2D eigenvalue weighted by Gasteiger charge is 2.00. The summed E-state index contributed by atoms with van der Waals surface area (Å²) in [6, 6.07) is 14.1. The maximum absolute atomic E-state index is 4.46. The molecule has 0 atom stereocenters. The predicted octanol–water partition coefficient (Wildman–Crippen LogP) is 2.40. The van der Waals surface area contributed by atoms with Gasteiger partial charge in [0.1, 0.15) is 0 Å². The molecular weight excluding hydrogens is 186 g/mol. The number of hydrogen-bond acceptors (Lipinski definition) is 2. The molecule has 0 saturated carbocycles. The van der Waals surface area contributed by atoms with Crippen molar-refractivity contribution >= 4 is 5.65 Å². The Labute approximate surface area is 87.0 Å². The lowest BCUT2D eigenvalue weighted by atomic mass is 10.1. The summed E-state index contributed by atoms with van der Waals surface area (Å²) in [4.78, 5) is 4.15. The van der Waals surface area contributed by atoms with Crippen molar-refractivity contribution < 1.29 is 0 Å². The van der Waals surface area contributed by atoms with E-state index in [4.69, 9.17) is 0 Å². The van der Waals surface area contributed by atoms with E-state index in [9.17, 15) is 0 Å². The van der Waals surface area contributed by atoms with Gasteiger partial charge in [0.05, 0.1) is 5.69 Å². The first-order chi connectivity index (χ1) is 7.43. The molecule has 3 nitrogen and oxygen atoms in total. The molecule has 0 aliphatic heterocycles. The second-order valence-corrected chi connectivity index (χ2v) is 3.31. The second-order valence-electron chi connectivity index (χ2n) is 3.31. The number of rotatable bonds is 1. The molecule has 0 spiro atoms. The van der Waals surface area contributed by atoms with Gasteiger partial charge >= 0.3 is 0 Å². The molecule has 3 heteroatoms. The van der Waals surface area contributed by atoms with E-state index < -0.39 is 0 Å². The second kappa shape index (κ2) is 3.20. The van der Waals surface area contributed by atoms with Gasteiger partial charge in [-0.05, 0) is 12.1 Å². The SMILES string of the molecule is c1ccc(-c2ccc3nccn3n2)cc1. The Bertz CT molecular complexity index is 584. The number of nitrogens with zero attached hydrogens (tertiary/aromatic N) is 3. The lowest BCUT2D eigenvalue weighted by Gasteiger charge is -2.00. The van der Waals surface area contributed by atoms with E-state index in [-0.39, 0.29) is 0 Å². The third-order valence-electron chi connectivity index (χ3n) is 2.32. The van der Waals surface area contributed by atoms with E-state index in [1.807, 2.05) is 48.7 Å². The van der Waals surface area contributed by atoms with E-state index in [2.05, 4.69) is 10.1 Å². The summed E-state index contributed by atoms with van der Waals surface area (Å²) in [5.74, 6) is 0. The first-order valence-electron chi connectivity index (χ1n) is 4.79. The zero-order chi connectivity index (χ0) is 10.1. The van der Waals surface area contributed by atoms with Crippen molar-refractivity contribution in [1.29, 1.82) is 0 Å². The highest BCUT2D eigenvalue weighted by Crippen LogP contribution is 2.15. The molecule has 0 saturated heterocycles. The summed E-state index contributed by atoms with van der Waals surface area (Å²) in [6.45, 7) is 0. The molecule has 15 heavy (non-hydrogen) atoms. The Morgan fingerprint density at radius 3 is 2.67 bits per heavy atom. The van der Waals surface area contributed by atoms with Gasteiger partial charge in [0.15, 0.2) is 5.65 Å². The van der Waals surface area contributed by atoms with E-state index in [1.165, 1.54) is 0 Å². The van der Waals surface area contributed by atoms with Crippen LogP contribution in [0.25, 0.3) is 16.9 Å². The van der Waals surface area contributed by atoms with Crippen LogP contribution in [0.15, 0.2) is 54.9 Å². The van der Waals surface area contributed by atoms with Crippen molar-refractivity contribution in [3.05, 3.63) is 54.9 Å². The minimum atomic E-state index is 0.870. The minimum absolute atomic E-state index is 0.870. The molecule has 1 aromatic carbocycles. The Hall–Kier alpha value is -2.16. The maximum Gasteiger partial charge on any atom is 0.153 e. The predicted molar refractivity (Wildman–Crippen MR) is 58.4 cm³/mol. The molecule has 3 rings (SSSR count). The molecule has 2 aromatic heterocycles. The van der Waals surface area contributed by atoms with Crippen LogP contribution in [0.3, 0.4) is 0 Å². The fraction of sp³-hybridized carbons (Fsp3) is 0. The molecule has 0 aliphatic rings. The van der Waals surface area contributed by atoms with Crippen LogP contribution < -0.4 is 0 Å². The Morgan fingerprint density at radius 1 is 0.933 bits per heavy atom.